The monoisotopic (exact) mass is 203 g/mol. The minimum atomic E-state index is 0.0369. The van der Waals surface area contributed by atoms with Gasteiger partial charge in [-0.05, 0) is 30.3 Å². The Morgan fingerprint density at radius 2 is 2.17 bits per heavy atom. The normalized spacial score (nSPS) is 9.50. The fourth-order valence-electron chi connectivity index (χ4n) is 0.744. The number of nitrogens with two attached hydrogens (primary N) is 1. The van der Waals surface area contributed by atoms with Gasteiger partial charge in [0.1, 0.15) is 0 Å². The minimum absolute atomic E-state index is 0.0369. The molecule has 0 aliphatic rings. The van der Waals surface area contributed by atoms with E-state index >= 15 is 0 Å². The molecule has 0 heterocycles. The molecule has 0 unspecified atom stereocenters. The molecule has 4 heteroatoms. The van der Waals surface area contributed by atoms with Crippen molar-refractivity contribution in [2.45, 2.75) is 0 Å². The summed E-state index contributed by atoms with van der Waals surface area (Å²) in [6.07, 6.45) is 0. The molecule has 12 heavy (non-hydrogen) atoms. The first-order valence-corrected chi connectivity index (χ1v) is 3.93. The van der Waals surface area contributed by atoms with E-state index in [1.807, 2.05) is 0 Å². The number of rotatable bonds is 2. The summed E-state index contributed by atoms with van der Waals surface area (Å²) in [5, 5.41) is 0.451. The van der Waals surface area contributed by atoms with Gasteiger partial charge in [0.2, 0.25) is 0 Å². The molecule has 0 bridgehead atoms. The zero-order valence-electron chi connectivity index (χ0n) is 6.18. The van der Waals surface area contributed by atoms with Crippen LogP contribution in [0.1, 0.15) is 0 Å². The van der Waals surface area contributed by atoms with Gasteiger partial charge in [0.25, 0.3) is 0 Å². The predicted molar refractivity (Wildman–Crippen MR) is 51.5 cm³/mol. The number of hydrogen-bond donors (Lipinski definition) is 1. The molecule has 0 saturated carbocycles. The summed E-state index contributed by atoms with van der Waals surface area (Å²) in [5.74, 6) is 0.346. The van der Waals surface area contributed by atoms with Crippen LogP contribution in [0.15, 0.2) is 30.0 Å². The number of hydrogen-bond acceptors (Lipinski definition) is 2. The van der Waals surface area contributed by atoms with Crippen LogP contribution in [0.25, 0.3) is 0 Å². The lowest BCUT2D eigenvalue weighted by atomic mass is 10.3. The molecule has 0 aliphatic heterocycles. The van der Waals surface area contributed by atoms with Gasteiger partial charge in [-0.3, -0.25) is 0 Å². The smallest absolute Gasteiger partial charge is 0.186 e. The van der Waals surface area contributed by atoms with Gasteiger partial charge in [-0.15, -0.1) is 0 Å². The van der Waals surface area contributed by atoms with Gasteiger partial charge < -0.3 is 10.5 Å². The predicted octanol–water partition coefficient (Wildman–Crippen LogP) is 3.01. The van der Waals surface area contributed by atoms with Crippen molar-refractivity contribution < 1.29 is 4.74 Å². The van der Waals surface area contributed by atoms with Crippen LogP contribution >= 0.6 is 23.2 Å². The van der Waals surface area contributed by atoms with E-state index < -0.39 is 0 Å². The molecule has 0 spiro atoms. The lowest BCUT2D eigenvalue weighted by molar-refractivity contribution is 0.467. The summed E-state index contributed by atoms with van der Waals surface area (Å²) in [6, 6.07) is 5.05. The maximum absolute atomic E-state index is 5.77. The highest BCUT2D eigenvalue weighted by Gasteiger charge is 2.05. The third-order valence-corrected chi connectivity index (χ3v) is 1.59. The van der Waals surface area contributed by atoms with E-state index in [2.05, 4.69) is 6.58 Å². The Balaban J connectivity index is 3.04. The fourth-order valence-corrected chi connectivity index (χ4v) is 1.04. The Labute approximate surface area is 80.5 Å². The molecular weight excluding hydrogens is 197 g/mol. The van der Waals surface area contributed by atoms with Crippen LogP contribution < -0.4 is 10.5 Å². The molecule has 1 rings (SSSR count). The lowest BCUT2D eigenvalue weighted by Crippen LogP contribution is -1.93. The average molecular weight is 204 g/mol. The Kier molecular flexibility index (Phi) is 2.84. The molecule has 0 aliphatic carbocycles. The molecule has 1 aromatic rings. The number of para-hydroxylation sites is 1. The van der Waals surface area contributed by atoms with Crippen LogP contribution in [-0.4, -0.2) is 0 Å². The van der Waals surface area contributed by atoms with E-state index in [9.17, 15) is 0 Å². The Hall–Kier alpha value is -0.860. The molecule has 0 fully saturated rings. The molecule has 1 aromatic carbocycles. The standard InChI is InChI=1S/C8H7Cl2NO/c1-5(9)12-8-6(10)3-2-4-7(8)11/h2-4H,1,11H2. The number of nitrogen functional groups attached to an aromatic ring is 1. The number of halogens is 2. The van der Waals surface area contributed by atoms with E-state index in [0.717, 1.165) is 0 Å². The van der Waals surface area contributed by atoms with E-state index in [0.29, 0.717) is 16.5 Å². The van der Waals surface area contributed by atoms with E-state index in [1.165, 1.54) is 0 Å². The van der Waals surface area contributed by atoms with Crippen molar-refractivity contribution in [1.82, 2.24) is 0 Å². The molecule has 64 valence electrons. The summed E-state index contributed by atoms with van der Waals surface area (Å²) in [6.45, 7) is 3.36. The van der Waals surface area contributed by atoms with Crippen LogP contribution in [0.5, 0.6) is 5.75 Å². The lowest BCUT2D eigenvalue weighted by Gasteiger charge is -2.07. The Morgan fingerprint density at radius 1 is 1.50 bits per heavy atom. The van der Waals surface area contributed by atoms with Gasteiger partial charge in [-0.2, -0.15) is 0 Å². The van der Waals surface area contributed by atoms with Crippen molar-refractivity contribution in [2.75, 3.05) is 5.73 Å². The van der Waals surface area contributed by atoms with Crippen molar-refractivity contribution in [3.63, 3.8) is 0 Å². The molecule has 0 saturated heterocycles. The number of benzene rings is 1. The first-order valence-electron chi connectivity index (χ1n) is 3.17. The van der Waals surface area contributed by atoms with Crippen LogP contribution in [0.3, 0.4) is 0 Å². The summed E-state index contributed by atoms with van der Waals surface area (Å²) in [5.41, 5.74) is 6.00. The Bertz CT molecular complexity index is 292. The van der Waals surface area contributed by atoms with Crippen LogP contribution in [0, 0.1) is 0 Å². The van der Waals surface area contributed by atoms with Crippen LogP contribution in [-0.2, 0) is 0 Å². The van der Waals surface area contributed by atoms with Crippen molar-refractivity contribution in [3.8, 4) is 5.75 Å². The van der Waals surface area contributed by atoms with Crippen molar-refractivity contribution >= 4 is 28.9 Å². The third-order valence-electron chi connectivity index (χ3n) is 1.21. The van der Waals surface area contributed by atoms with Crippen LogP contribution in [0.4, 0.5) is 5.69 Å². The fraction of sp³-hybridized carbons (Fsp3) is 0. The van der Waals surface area contributed by atoms with Gasteiger partial charge in [0.15, 0.2) is 11.0 Å². The van der Waals surface area contributed by atoms with E-state index in [-0.39, 0.29) is 5.22 Å². The second-order valence-corrected chi connectivity index (χ2v) is 2.94. The summed E-state index contributed by atoms with van der Waals surface area (Å²) in [4.78, 5) is 0. The zero-order valence-corrected chi connectivity index (χ0v) is 7.69. The molecule has 0 amide bonds. The third kappa shape index (κ3) is 2.06. The van der Waals surface area contributed by atoms with Gasteiger partial charge in [-0.25, -0.2) is 0 Å². The number of anilines is 1. The second-order valence-electron chi connectivity index (χ2n) is 2.12. The van der Waals surface area contributed by atoms with Gasteiger partial charge >= 0.3 is 0 Å². The summed E-state index contributed by atoms with van der Waals surface area (Å²) in [7, 11) is 0. The van der Waals surface area contributed by atoms with Crippen molar-refractivity contribution in [1.29, 1.82) is 0 Å². The second kappa shape index (κ2) is 3.70. The molecule has 2 nitrogen and oxygen atoms in total. The van der Waals surface area contributed by atoms with E-state index in [4.69, 9.17) is 33.7 Å². The molecule has 0 aromatic heterocycles. The van der Waals surface area contributed by atoms with Gasteiger partial charge in [0.05, 0.1) is 10.7 Å². The Morgan fingerprint density at radius 3 is 2.67 bits per heavy atom. The zero-order chi connectivity index (χ0) is 9.14. The molecule has 0 radical (unpaired) electrons. The highest BCUT2D eigenvalue weighted by molar-refractivity contribution is 6.33. The SMILES string of the molecule is C=C(Cl)Oc1c(N)cccc1Cl. The molecule has 2 N–H and O–H groups in total. The van der Waals surface area contributed by atoms with Crippen molar-refractivity contribution in [2.24, 2.45) is 0 Å². The summed E-state index contributed by atoms with van der Waals surface area (Å²) < 4.78 is 4.99. The number of ether oxygens (including phenoxy) is 1. The first-order chi connectivity index (χ1) is 5.61. The minimum Gasteiger partial charge on any atom is -0.442 e. The van der Waals surface area contributed by atoms with Gasteiger partial charge in [-0.1, -0.05) is 17.7 Å². The maximum Gasteiger partial charge on any atom is 0.186 e. The van der Waals surface area contributed by atoms with Gasteiger partial charge in [0, 0.05) is 0 Å². The first kappa shape index (κ1) is 9.23. The summed E-state index contributed by atoms with van der Waals surface area (Å²) >= 11 is 11.2. The quantitative estimate of drug-likeness (QED) is 0.593. The van der Waals surface area contributed by atoms with Crippen molar-refractivity contribution in [3.05, 3.63) is 35.0 Å². The molecular formula is C8H7Cl2NO. The maximum atomic E-state index is 5.77. The van der Waals surface area contributed by atoms with E-state index in [1.54, 1.807) is 18.2 Å². The van der Waals surface area contributed by atoms with Crippen LogP contribution in [0.2, 0.25) is 5.02 Å². The molecule has 0 atom stereocenters. The topological polar surface area (TPSA) is 35.2 Å². The highest BCUT2D eigenvalue weighted by Crippen LogP contribution is 2.32. The largest absolute Gasteiger partial charge is 0.442 e. The highest BCUT2D eigenvalue weighted by atomic mass is 35.5. The average Bonchev–Trinajstić information content (AvgIpc) is 1.97.